The number of nitrogens with zero attached hydrogens (tertiary/aromatic N) is 2. The number of hydrogen-bond acceptors (Lipinski definition) is 6. The second kappa shape index (κ2) is 9.04. The first-order valence-corrected chi connectivity index (χ1v) is 12.9. The summed E-state index contributed by atoms with van der Waals surface area (Å²) in [5, 5.41) is 5.20. The third-order valence-electron chi connectivity index (χ3n) is 7.18. The van der Waals surface area contributed by atoms with Crippen LogP contribution in [-0.4, -0.2) is 55.4 Å². The zero-order valence-corrected chi connectivity index (χ0v) is 20.1. The van der Waals surface area contributed by atoms with Gasteiger partial charge in [-0.05, 0) is 69.4 Å². The van der Waals surface area contributed by atoms with Crippen molar-refractivity contribution in [2.45, 2.75) is 62.9 Å². The number of ketones is 1. The Morgan fingerprint density at radius 1 is 1.12 bits per heavy atom. The van der Waals surface area contributed by atoms with Crippen LogP contribution in [0.4, 0.5) is 0 Å². The monoisotopic (exact) mass is 473 g/mol. The number of carbonyl (C=O) groups is 2. The number of Topliss-reactive ketones (excluding diaryl/α,β-unsaturated/α-hetero) is 1. The summed E-state index contributed by atoms with van der Waals surface area (Å²) in [7, 11) is -2.37. The molecule has 1 aromatic carbocycles. The second-order valence-corrected chi connectivity index (χ2v) is 10.7. The lowest BCUT2D eigenvalue weighted by molar-refractivity contribution is -0.146. The number of methoxy groups -OCH3 is 1. The predicted molar refractivity (Wildman–Crippen MR) is 124 cm³/mol. The molecule has 1 saturated heterocycles. The molecule has 0 radical (unpaired) electrons. The van der Waals surface area contributed by atoms with Crippen LogP contribution in [0, 0.1) is 19.8 Å². The van der Waals surface area contributed by atoms with Gasteiger partial charge < -0.3 is 9.30 Å². The molecule has 1 aromatic heterocycles. The number of primary sulfonamides is 1. The second-order valence-electron chi connectivity index (χ2n) is 9.14. The number of hydrogen-bond donors (Lipinski definition) is 1. The molecule has 3 unspecified atom stereocenters. The first-order chi connectivity index (χ1) is 15.6. The highest BCUT2D eigenvalue weighted by Crippen LogP contribution is 2.40. The van der Waals surface area contributed by atoms with E-state index in [0.29, 0.717) is 11.5 Å². The van der Waals surface area contributed by atoms with Crippen molar-refractivity contribution in [1.82, 2.24) is 9.47 Å². The molecule has 1 aliphatic carbocycles. The Kier molecular flexibility index (Phi) is 6.48. The molecule has 9 heteroatoms. The number of nitrogens with two attached hydrogens (primary N) is 1. The van der Waals surface area contributed by atoms with Gasteiger partial charge in [-0.15, -0.1) is 0 Å². The van der Waals surface area contributed by atoms with Crippen LogP contribution in [0.2, 0.25) is 0 Å². The Hall–Kier alpha value is -2.49. The van der Waals surface area contributed by atoms with Crippen LogP contribution in [0.25, 0.3) is 5.69 Å². The summed E-state index contributed by atoms with van der Waals surface area (Å²) in [5.74, 6) is 0.133. The van der Waals surface area contributed by atoms with Crippen LogP contribution in [-0.2, 0) is 19.6 Å². The number of sulfonamides is 1. The number of aromatic nitrogens is 1. The van der Waals surface area contributed by atoms with Crippen molar-refractivity contribution in [2.75, 3.05) is 13.7 Å². The molecule has 0 amide bonds. The highest BCUT2D eigenvalue weighted by Gasteiger charge is 2.46. The van der Waals surface area contributed by atoms with E-state index < -0.39 is 10.0 Å². The molecule has 1 saturated carbocycles. The van der Waals surface area contributed by atoms with Crippen molar-refractivity contribution in [3.05, 3.63) is 47.3 Å². The molecule has 178 valence electrons. The molecule has 8 nitrogen and oxygen atoms in total. The minimum Gasteiger partial charge on any atom is -0.468 e. The minimum absolute atomic E-state index is 0.0318. The molecule has 0 bridgehead atoms. The van der Waals surface area contributed by atoms with E-state index in [-0.39, 0.29) is 35.3 Å². The van der Waals surface area contributed by atoms with Gasteiger partial charge in [0.1, 0.15) is 6.04 Å². The van der Waals surface area contributed by atoms with Gasteiger partial charge in [-0.1, -0.05) is 12.8 Å². The number of aryl methyl sites for hydroxylation is 1. The van der Waals surface area contributed by atoms with Gasteiger partial charge in [-0.25, -0.2) is 13.6 Å². The first-order valence-electron chi connectivity index (χ1n) is 11.3. The molecule has 1 aliphatic heterocycles. The van der Waals surface area contributed by atoms with E-state index in [9.17, 15) is 18.0 Å². The lowest BCUT2D eigenvalue weighted by atomic mass is 9.84. The van der Waals surface area contributed by atoms with Crippen LogP contribution in [0.5, 0.6) is 0 Å². The highest BCUT2D eigenvalue weighted by atomic mass is 32.2. The van der Waals surface area contributed by atoms with Crippen molar-refractivity contribution in [3.8, 4) is 5.69 Å². The van der Waals surface area contributed by atoms with Crippen LogP contribution in [0.3, 0.4) is 0 Å². The number of benzene rings is 1. The van der Waals surface area contributed by atoms with Crippen LogP contribution >= 0.6 is 0 Å². The van der Waals surface area contributed by atoms with Gasteiger partial charge in [0.15, 0.2) is 5.78 Å². The zero-order chi connectivity index (χ0) is 23.9. The number of esters is 1. The van der Waals surface area contributed by atoms with E-state index in [1.807, 2.05) is 24.5 Å². The number of carbonyl (C=O) groups excluding carboxylic acids is 2. The van der Waals surface area contributed by atoms with Gasteiger partial charge in [-0.2, -0.15) is 0 Å². The van der Waals surface area contributed by atoms with E-state index in [0.717, 1.165) is 42.8 Å². The standard InChI is InChI=1S/C24H31N3O5S/c1-15-12-20(16(2)27(15)18-8-10-19(11-9-18)33(25,30)31)23(28)14-26-21-7-5-4-6-17(21)13-22(26)24(29)32-3/h8-12,17,21-22H,4-7,13-14H2,1-3H3,(H2,25,30,31). The Morgan fingerprint density at radius 3 is 2.42 bits per heavy atom. The van der Waals surface area contributed by atoms with Crippen LogP contribution in [0.1, 0.15) is 53.8 Å². The SMILES string of the molecule is COC(=O)C1CC2CCCCC2N1CC(=O)c1cc(C)n(-c2ccc(S(N)(=O)=O)cc2)c1C. The Balaban J connectivity index is 1.61. The van der Waals surface area contributed by atoms with E-state index in [2.05, 4.69) is 4.90 Å². The molecule has 2 aromatic rings. The lowest BCUT2D eigenvalue weighted by Gasteiger charge is -2.32. The van der Waals surface area contributed by atoms with Gasteiger partial charge in [0.05, 0.1) is 18.6 Å². The largest absolute Gasteiger partial charge is 0.468 e. The quantitative estimate of drug-likeness (QED) is 0.510. The van der Waals surface area contributed by atoms with Crippen molar-refractivity contribution < 1.29 is 22.7 Å². The van der Waals surface area contributed by atoms with Crippen LogP contribution in [0.15, 0.2) is 35.2 Å². The summed E-state index contributed by atoms with van der Waals surface area (Å²) < 4.78 is 30.1. The van der Waals surface area contributed by atoms with Gasteiger partial charge in [-0.3, -0.25) is 14.5 Å². The summed E-state index contributed by atoms with van der Waals surface area (Å²) in [6, 6.07) is 7.98. The van der Waals surface area contributed by atoms with Crippen molar-refractivity contribution in [3.63, 3.8) is 0 Å². The van der Waals surface area contributed by atoms with Gasteiger partial charge in [0.25, 0.3) is 0 Å². The molecule has 3 atom stereocenters. The third-order valence-corrected chi connectivity index (χ3v) is 8.10. The molecule has 2 aliphatic rings. The predicted octanol–water partition coefficient (Wildman–Crippen LogP) is 2.73. The highest BCUT2D eigenvalue weighted by molar-refractivity contribution is 7.89. The molecule has 2 heterocycles. The number of likely N-dealkylation sites (tertiary alicyclic amines) is 1. The van der Waals surface area contributed by atoms with Crippen molar-refractivity contribution in [2.24, 2.45) is 11.1 Å². The van der Waals surface area contributed by atoms with Gasteiger partial charge >= 0.3 is 5.97 Å². The summed E-state index contributed by atoms with van der Waals surface area (Å²) in [4.78, 5) is 28.0. The Labute approximate surface area is 194 Å². The van der Waals surface area contributed by atoms with E-state index in [4.69, 9.17) is 9.88 Å². The zero-order valence-electron chi connectivity index (χ0n) is 19.3. The Morgan fingerprint density at radius 2 is 1.79 bits per heavy atom. The lowest BCUT2D eigenvalue weighted by Crippen LogP contribution is -2.45. The minimum atomic E-state index is -3.77. The number of fused-ring (bicyclic) bond motifs is 1. The maximum Gasteiger partial charge on any atom is 0.323 e. The summed E-state index contributed by atoms with van der Waals surface area (Å²) in [5.41, 5.74) is 2.99. The fraction of sp³-hybridized carbons (Fsp3) is 0.500. The fourth-order valence-corrected chi connectivity index (χ4v) is 6.14. The van der Waals surface area contributed by atoms with Gasteiger partial charge in [0.2, 0.25) is 10.0 Å². The average molecular weight is 474 g/mol. The third kappa shape index (κ3) is 4.49. The summed E-state index contributed by atoms with van der Waals surface area (Å²) in [6.07, 6.45) is 5.12. The molecule has 33 heavy (non-hydrogen) atoms. The number of ether oxygens (including phenoxy) is 1. The number of rotatable bonds is 6. The Bertz CT molecular complexity index is 1170. The summed E-state index contributed by atoms with van der Waals surface area (Å²) >= 11 is 0. The summed E-state index contributed by atoms with van der Waals surface area (Å²) in [6.45, 7) is 3.95. The normalized spacial score (nSPS) is 23.3. The maximum atomic E-state index is 13.4. The van der Waals surface area contributed by atoms with Gasteiger partial charge in [0, 0.05) is 28.7 Å². The maximum absolute atomic E-state index is 13.4. The molecule has 0 spiro atoms. The first kappa shape index (κ1) is 23.7. The van der Waals surface area contributed by atoms with E-state index in [1.54, 1.807) is 12.1 Å². The average Bonchev–Trinajstić information content (AvgIpc) is 3.29. The van der Waals surface area contributed by atoms with Crippen LogP contribution < -0.4 is 5.14 Å². The van der Waals surface area contributed by atoms with E-state index in [1.165, 1.54) is 25.7 Å². The van der Waals surface area contributed by atoms with Crippen molar-refractivity contribution in [1.29, 1.82) is 0 Å². The molecule has 2 fully saturated rings. The smallest absolute Gasteiger partial charge is 0.323 e. The van der Waals surface area contributed by atoms with E-state index >= 15 is 0 Å². The van der Waals surface area contributed by atoms with Crippen molar-refractivity contribution >= 4 is 21.8 Å². The topological polar surface area (TPSA) is 112 Å². The molecule has 2 N–H and O–H groups in total. The fourth-order valence-electron chi connectivity index (χ4n) is 5.63. The molecular formula is C24H31N3O5S. The molecular weight excluding hydrogens is 442 g/mol. The molecule has 4 rings (SSSR count).